The molecule has 0 saturated heterocycles. The Hall–Kier alpha value is -3.83. The van der Waals surface area contributed by atoms with Crippen molar-refractivity contribution in [3.63, 3.8) is 0 Å². The summed E-state index contributed by atoms with van der Waals surface area (Å²) in [6.45, 7) is 7.08. The highest BCUT2D eigenvalue weighted by atomic mass is 16.3. The molecule has 12 heteroatoms. The van der Waals surface area contributed by atoms with Gasteiger partial charge in [0.25, 0.3) is 0 Å². The summed E-state index contributed by atoms with van der Waals surface area (Å²) in [4.78, 5) is 50.6. The summed E-state index contributed by atoms with van der Waals surface area (Å²) in [5, 5.41) is 16.2. The number of aliphatic imine (C=N–C) groups is 1. The van der Waals surface area contributed by atoms with Crippen molar-refractivity contribution in [3.8, 4) is 5.75 Å². The van der Waals surface area contributed by atoms with Crippen molar-refractivity contribution in [2.24, 2.45) is 28.1 Å². The van der Waals surface area contributed by atoms with Gasteiger partial charge < -0.3 is 38.3 Å². The molecule has 1 aromatic carbocycles. The number of hydrogen-bond donors (Lipinski definition) is 7. The summed E-state index contributed by atoms with van der Waals surface area (Å²) < 4.78 is 0. The highest BCUT2D eigenvalue weighted by Crippen LogP contribution is 2.07. The molecule has 10 N–H and O–H groups in total. The quantitative estimate of drug-likeness (QED) is 0.114. The molecule has 0 aliphatic rings. The Bertz CT molecular complexity index is 831. The lowest BCUT2D eigenvalue weighted by Crippen LogP contribution is -2.51. The summed E-state index contributed by atoms with van der Waals surface area (Å²) in [6.07, 6.45) is 1.13. The summed E-state index contributed by atoms with van der Waals surface area (Å²) in [5.41, 5.74) is 16.8. The summed E-state index contributed by atoms with van der Waals surface area (Å²) in [6, 6.07) is 5.46. The predicted octanol–water partition coefficient (Wildman–Crippen LogP) is -0.622. The Morgan fingerprint density at radius 1 is 1.00 bits per heavy atom. The van der Waals surface area contributed by atoms with Crippen LogP contribution in [-0.4, -0.2) is 59.9 Å². The number of nitrogens with two attached hydrogens (primary N) is 3. The zero-order valence-corrected chi connectivity index (χ0v) is 20.8. The number of aryl methyl sites for hydroxylation is 1. The fourth-order valence-electron chi connectivity index (χ4n) is 2.82. The number of rotatable bonds is 12. The molecule has 0 aliphatic carbocycles. The fourth-order valence-corrected chi connectivity index (χ4v) is 2.82. The van der Waals surface area contributed by atoms with E-state index in [9.17, 15) is 19.2 Å². The van der Waals surface area contributed by atoms with E-state index in [2.05, 4.69) is 20.9 Å². The first kappa shape index (κ1) is 31.2. The number of carbonyl (C=O) groups excluding carboxylic acids is 4. The van der Waals surface area contributed by atoms with Crippen LogP contribution in [0.2, 0.25) is 0 Å². The van der Waals surface area contributed by atoms with Crippen molar-refractivity contribution in [1.82, 2.24) is 16.0 Å². The molecule has 0 aliphatic heterocycles. The highest BCUT2D eigenvalue weighted by molar-refractivity contribution is 5.91. The van der Waals surface area contributed by atoms with E-state index in [-0.39, 0.29) is 30.8 Å². The molecule has 196 valence electrons. The van der Waals surface area contributed by atoms with Crippen LogP contribution in [0, 0.1) is 12.8 Å². The van der Waals surface area contributed by atoms with Gasteiger partial charge in [0.15, 0.2) is 5.96 Å². The number of amides is 4. The smallest absolute Gasteiger partial charge is 0.243 e. The minimum absolute atomic E-state index is 0.0625. The SMILES string of the molecule is CC(=O)NC(CC(C)C)C(=O)NCC(=O)NC(CCCN=C(N)N)C(N)=O.Cc1ccc(O)cc1. The molecule has 35 heavy (non-hydrogen) atoms. The van der Waals surface area contributed by atoms with Crippen molar-refractivity contribution in [1.29, 1.82) is 0 Å². The maximum Gasteiger partial charge on any atom is 0.243 e. The normalized spacial score (nSPS) is 11.8. The maximum absolute atomic E-state index is 12.2. The molecule has 1 aromatic rings. The molecule has 2 atom stereocenters. The average Bonchev–Trinajstić information content (AvgIpc) is 2.75. The molecular weight excluding hydrogens is 454 g/mol. The van der Waals surface area contributed by atoms with Crippen LogP contribution >= 0.6 is 0 Å². The van der Waals surface area contributed by atoms with Crippen molar-refractivity contribution in [3.05, 3.63) is 29.8 Å². The molecule has 0 radical (unpaired) electrons. The summed E-state index contributed by atoms with van der Waals surface area (Å²) in [5.74, 6) is -1.64. The largest absolute Gasteiger partial charge is 0.508 e. The lowest BCUT2D eigenvalue weighted by Gasteiger charge is -2.20. The number of primary amides is 1. The monoisotopic (exact) mass is 493 g/mol. The van der Waals surface area contributed by atoms with E-state index >= 15 is 0 Å². The molecule has 0 fully saturated rings. The van der Waals surface area contributed by atoms with Crippen LogP contribution in [0.5, 0.6) is 5.75 Å². The Kier molecular flexibility index (Phi) is 14.9. The maximum atomic E-state index is 12.2. The van der Waals surface area contributed by atoms with Gasteiger partial charge in [0.05, 0.1) is 6.54 Å². The first-order valence-corrected chi connectivity index (χ1v) is 11.3. The lowest BCUT2D eigenvalue weighted by atomic mass is 10.0. The average molecular weight is 494 g/mol. The number of hydrogen-bond acceptors (Lipinski definition) is 6. The highest BCUT2D eigenvalue weighted by Gasteiger charge is 2.22. The van der Waals surface area contributed by atoms with Crippen molar-refractivity contribution in [2.75, 3.05) is 13.1 Å². The van der Waals surface area contributed by atoms with Crippen LogP contribution < -0.4 is 33.2 Å². The van der Waals surface area contributed by atoms with Crippen molar-refractivity contribution < 1.29 is 24.3 Å². The first-order chi connectivity index (χ1) is 16.3. The molecule has 1 rings (SSSR count). The molecule has 12 nitrogen and oxygen atoms in total. The van der Waals surface area contributed by atoms with Gasteiger partial charge >= 0.3 is 0 Å². The number of guanidine groups is 1. The summed E-state index contributed by atoms with van der Waals surface area (Å²) >= 11 is 0. The zero-order valence-electron chi connectivity index (χ0n) is 20.8. The second kappa shape index (κ2) is 16.7. The number of aromatic hydroxyl groups is 1. The Morgan fingerprint density at radius 2 is 1.60 bits per heavy atom. The van der Waals surface area contributed by atoms with Crippen molar-refractivity contribution in [2.45, 2.75) is 59.0 Å². The zero-order chi connectivity index (χ0) is 27.0. The van der Waals surface area contributed by atoms with Crippen LogP contribution in [0.1, 0.15) is 45.6 Å². The third-order valence-electron chi connectivity index (χ3n) is 4.48. The van der Waals surface area contributed by atoms with Gasteiger partial charge in [-0.15, -0.1) is 0 Å². The van der Waals surface area contributed by atoms with E-state index in [0.717, 1.165) is 0 Å². The fraction of sp³-hybridized carbons (Fsp3) is 0.522. The Labute approximate surface area is 206 Å². The third-order valence-corrected chi connectivity index (χ3v) is 4.48. The molecule has 0 aromatic heterocycles. The number of benzene rings is 1. The topological polar surface area (TPSA) is 215 Å². The third kappa shape index (κ3) is 16.4. The number of phenols is 1. The van der Waals surface area contributed by atoms with Crippen LogP contribution in [0.4, 0.5) is 0 Å². The minimum atomic E-state index is -0.898. The molecule has 0 bridgehead atoms. The summed E-state index contributed by atoms with van der Waals surface area (Å²) in [7, 11) is 0. The number of phenolic OH excluding ortho intramolecular Hbond substituents is 1. The van der Waals surface area contributed by atoms with Gasteiger partial charge in [-0.25, -0.2) is 0 Å². The molecule has 0 saturated carbocycles. The molecule has 0 spiro atoms. The van der Waals surface area contributed by atoms with Gasteiger partial charge in [-0.3, -0.25) is 24.2 Å². The standard InChI is InChI=1S/C16H31N7O4.C7H8O/c1-9(2)7-12(22-10(3)24)15(27)21-8-13(25)23-11(14(17)26)5-4-6-20-16(18)19;1-6-2-4-7(8)5-3-6/h9,11-12H,4-8H2,1-3H3,(H2,17,26)(H,21,27)(H,22,24)(H,23,25)(H4,18,19,20);2-5,8H,1H3. The van der Waals surface area contributed by atoms with Gasteiger partial charge in [-0.05, 0) is 44.2 Å². The van der Waals surface area contributed by atoms with E-state index in [4.69, 9.17) is 22.3 Å². The molecule has 0 heterocycles. The van der Waals surface area contributed by atoms with Gasteiger partial charge in [0.2, 0.25) is 23.6 Å². The van der Waals surface area contributed by atoms with E-state index < -0.39 is 29.8 Å². The molecular formula is C23H39N7O5. The van der Waals surface area contributed by atoms with Crippen molar-refractivity contribution >= 4 is 29.6 Å². The Balaban J connectivity index is 0.00000121. The predicted molar refractivity (Wildman–Crippen MR) is 134 cm³/mol. The number of carbonyl (C=O) groups is 4. The second-order valence-electron chi connectivity index (χ2n) is 8.41. The van der Waals surface area contributed by atoms with Gasteiger partial charge in [-0.2, -0.15) is 0 Å². The van der Waals surface area contributed by atoms with E-state index in [1.807, 2.05) is 32.9 Å². The van der Waals surface area contributed by atoms with E-state index in [1.165, 1.54) is 12.5 Å². The second-order valence-corrected chi connectivity index (χ2v) is 8.41. The minimum Gasteiger partial charge on any atom is -0.508 e. The van der Waals surface area contributed by atoms with Crippen LogP contribution in [-0.2, 0) is 19.2 Å². The number of nitrogens with one attached hydrogen (secondary N) is 3. The van der Waals surface area contributed by atoms with E-state index in [0.29, 0.717) is 25.1 Å². The van der Waals surface area contributed by atoms with Gasteiger partial charge in [-0.1, -0.05) is 31.5 Å². The van der Waals surface area contributed by atoms with E-state index in [1.54, 1.807) is 12.1 Å². The van der Waals surface area contributed by atoms with Crippen LogP contribution in [0.25, 0.3) is 0 Å². The van der Waals surface area contributed by atoms with Crippen LogP contribution in [0.3, 0.4) is 0 Å². The molecule has 2 unspecified atom stereocenters. The molecule has 4 amide bonds. The lowest BCUT2D eigenvalue weighted by molar-refractivity contribution is -0.131. The van der Waals surface area contributed by atoms with Crippen LogP contribution in [0.15, 0.2) is 29.3 Å². The Morgan fingerprint density at radius 3 is 2.06 bits per heavy atom. The van der Waals surface area contributed by atoms with Gasteiger partial charge in [0.1, 0.15) is 17.8 Å². The number of nitrogens with zero attached hydrogens (tertiary/aromatic N) is 1. The first-order valence-electron chi connectivity index (χ1n) is 11.3. The van der Waals surface area contributed by atoms with Gasteiger partial charge in [0, 0.05) is 13.5 Å².